The van der Waals surface area contributed by atoms with Crippen molar-refractivity contribution in [3.8, 4) is 0 Å². The lowest BCUT2D eigenvalue weighted by atomic mass is 9.82. The van der Waals surface area contributed by atoms with E-state index in [1.165, 1.54) is 0 Å². The Balaban J connectivity index is 2.07. The second-order valence-electron chi connectivity index (χ2n) is 5.84. The van der Waals surface area contributed by atoms with Gasteiger partial charge in [0, 0.05) is 19.7 Å². The number of rotatable bonds is 6. The van der Waals surface area contributed by atoms with Gasteiger partial charge < -0.3 is 14.7 Å². The fraction of sp³-hybridized carbons (Fsp3) is 0.562. The smallest absolute Gasteiger partial charge is 0.315 e. The zero-order chi connectivity index (χ0) is 14.6. The fourth-order valence-electron chi connectivity index (χ4n) is 2.83. The summed E-state index contributed by atoms with van der Waals surface area (Å²) >= 11 is 0. The Bertz CT molecular complexity index is 442. The average molecular weight is 277 g/mol. The monoisotopic (exact) mass is 277 g/mol. The summed E-state index contributed by atoms with van der Waals surface area (Å²) in [4.78, 5) is 13.8. The van der Waals surface area contributed by atoms with E-state index in [1.807, 2.05) is 37.4 Å². The van der Waals surface area contributed by atoms with Crippen molar-refractivity contribution in [1.29, 1.82) is 0 Å². The molecule has 1 N–H and O–H groups in total. The van der Waals surface area contributed by atoms with Crippen LogP contribution in [0.5, 0.6) is 0 Å². The molecule has 1 heterocycles. The van der Waals surface area contributed by atoms with Crippen LogP contribution in [0.4, 0.5) is 0 Å². The van der Waals surface area contributed by atoms with Gasteiger partial charge in [-0.25, -0.2) is 0 Å². The van der Waals surface area contributed by atoms with Gasteiger partial charge in [0.2, 0.25) is 0 Å². The molecule has 2 atom stereocenters. The Morgan fingerprint density at radius 3 is 2.70 bits per heavy atom. The van der Waals surface area contributed by atoms with Crippen LogP contribution in [0.25, 0.3) is 0 Å². The number of benzene rings is 1. The molecule has 110 valence electrons. The van der Waals surface area contributed by atoms with Crippen LogP contribution in [0.15, 0.2) is 30.3 Å². The van der Waals surface area contributed by atoms with E-state index in [4.69, 9.17) is 4.74 Å². The Hall–Kier alpha value is -1.39. The van der Waals surface area contributed by atoms with Gasteiger partial charge in [0.25, 0.3) is 0 Å². The Morgan fingerprint density at radius 1 is 1.45 bits per heavy atom. The van der Waals surface area contributed by atoms with Crippen molar-refractivity contribution in [2.24, 2.45) is 0 Å². The van der Waals surface area contributed by atoms with E-state index in [0.29, 0.717) is 6.54 Å². The minimum atomic E-state index is -0.894. The summed E-state index contributed by atoms with van der Waals surface area (Å²) in [5.74, 6) is -0.789. The first kappa shape index (κ1) is 15.0. The van der Waals surface area contributed by atoms with Crippen LogP contribution in [0.1, 0.15) is 25.3 Å². The van der Waals surface area contributed by atoms with Gasteiger partial charge in [-0.2, -0.15) is 0 Å². The Labute approximate surface area is 120 Å². The summed E-state index contributed by atoms with van der Waals surface area (Å²) < 4.78 is 5.62. The van der Waals surface area contributed by atoms with E-state index in [2.05, 4.69) is 4.90 Å². The molecule has 1 saturated heterocycles. The molecule has 4 heteroatoms. The quantitative estimate of drug-likeness (QED) is 0.865. The van der Waals surface area contributed by atoms with E-state index in [0.717, 1.165) is 31.6 Å². The van der Waals surface area contributed by atoms with Crippen LogP contribution in [-0.2, 0) is 14.9 Å². The maximum atomic E-state index is 11.7. The fourth-order valence-corrected chi connectivity index (χ4v) is 2.83. The van der Waals surface area contributed by atoms with Gasteiger partial charge in [0.05, 0.1) is 6.10 Å². The van der Waals surface area contributed by atoms with E-state index >= 15 is 0 Å². The van der Waals surface area contributed by atoms with Crippen molar-refractivity contribution < 1.29 is 14.6 Å². The van der Waals surface area contributed by atoms with E-state index in [-0.39, 0.29) is 6.10 Å². The summed E-state index contributed by atoms with van der Waals surface area (Å²) in [6.07, 6.45) is 2.42. The highest BCUT2D eigenvalue weighted by Gasteiger charge is 2.36. The molecule has 0 aliphatic carbocycles. The van der Waals surface area contributed by atoms with Crippen molar-refractivity contribution in [2.75, 3.05) is 26.7 Å². The molecule has 0 aromatic heterocycles. The minimum Gasteiger partial charge on any atom is -0.481 e. The highest BCUT2D eigenvalue weighted by Crippen LogP contribution is 2.25. The summed E-state index contributed by atoms with van der Waals surface area (Å²) in [5, 5.41) is 9.64. The summed E-state index contributed by atoms with van der Waals surface area (Å²) in [7, 11) is 1.96. The largest absolute Gasteiger partial charge is 0.481 e. The molecule has 2 unspecified atom stereocenters. The number of likely N-dealkylation sites (N-methyl/N-ethyl adjacent to an activating group) is 1. The van der Waals surface area contributed by atoms with E-state index in [9.17, 15) is 9.90 Å². The third-order valence-electron chi connectivity index (χ3n) is 4.01. The van der Waals surface area contributed by atoms with Crippen LogP contribution in [0, 0.1) is 0 Å². The molecular weight excluding hydrogens is 254 g/mol. The molecule has 0 bridgehead atoms. The van der Waals surface area contributed by atoms with Crippen molar-refractivity contribution >= 4 is 5.97 Å². The van der Waals surface area contributed by atoms with Gasteiger partial charge in [-0.15, -0.1) is 0 Å². The number of nitrogens with zero attached hydrogens (tertiary/aromatic N) is 1. The highest BCUT2D eigenvalue weighted by molar-refractivity contribution is 5.81. The topological polar surface area (TPSA) is 49.8 Å². The third kappa shape index (κ3) is 3.38. The number of hydrogen-bond acceptors (Lipinski definition) is 3. The average Bonchev–Trinajstić information content (AvgIpc) is 2.92. The number of carboxylic acid groups (broad SMARTS) is 1. The predicted molar refractivity (Wildman–Crippen MR) is 77.9 cm³/mol. The van der Waals surface area contributed by atoms with Crippen molar-refractivity contribution in [3.05, 3.63) is 35.9 Å². The Morgan fingerprint density at radius 2 is 2.15 bits per heavy atom. The van der Waals surface area contributed by atoms with Gasteiger partial charge in [-0.05, 0) is 32.4 Å². The lowest BCUT2D eigenvalue weighted by molar-refractivity contribution is -0.144. The van der Waals surface area contributed by atoms with Crippen molar-refractivity contribution in [1.82, 2.24) is 4.90 Å². The molecule has 2 rings (SSSR count). The molecule has 0 spiro atoms. The first-order valence-electron chi connectivity index (χ1n) is 7.11. The normalized spacial score (nSPS) is 21.9. The summed E-state index contributed by atoms with van der Waals surface area (Å²) in [5.41, 5.74) is -0.0547. The maximum absolute atomic E-state index is 11.7. The van der Waals surface area contributed by atoms with Gasteiger partial charge in [-0.3, -0.25) is 4.79 Å². The first-order valence-corrected chi connectivity index (χ1v) is 7.11. The van der Waals surface area contributed by atoms with Crippen LogP contribution < -0.4 is 0 Å². The van der Waals surface area contributed by atoms with Gasteiger partial charge >= 0.3 is 5.97 Å². The van der Waals surface area contributed by atoms with Gasteiger partial charge in [0.1, 0.15) is 5.41 Å². The SMILES string of the molecule is CN(CC1CCCO1)CC(C)(C(=O)O)c1ccccc1. The minimum absolute atomic E-state index is 0.244. The van der Waals surface area contributed by atoms with Crippen molar-refractivity contribution in [3.63, 3.8) is 0 Å². The van der Waals surface area contributed by atoms with E-state index < -0.39 is 11.4 Å². The molecule has 20 heavy (non-hydrogen) atoms. The number of carboxylic acids is 1. The zero-order valence-corrected chi connectivity index (χ0v) is 12.2. The van der Waals surface area contributed by atoms with Crippen LogP contribution in [0.3, 0.4) is 0 Å². The number of ether oxygens (including phenoxy) is 1. The third-order valence-corrected chi connectivity index (χ3v) is 4.01. The molecule has 1 fully saturated rings. The summed E-state index contributed by atoms with van der Waals surface area (Å²) in [6, 6.07) is 9.44. The second-order valence-corrected chi connectivity index (χ2v) is 5.84. The Kier molecular flexibility index (Phi) is 4.78. The highest BCUT2D eigenvalue weighted by atomic mass is 16.5. The maximum Gasteiger partial charge on any atom is 0.315 e. The molecule has 0 radical (unpaired) electrons. The molecule has 0 amide bonds. The van der Waals surface area contributed by atoms with Crippen LogP contribution in [0.2, 0.25) is 0 Å². The van der Waals surface area contributed by atoms with Crippen LogP contribution >= 0.6 is 0 Å². The van der Waals surface area contributed by atoms with Gasteiger partial charge in [0.15, 0.2) is 0 Å². The molecule has 4 nitrogen and oxygen atoms in total. The first-order chi connectivity index (χ1) is 9.52. The van der Waals surface area contributed by atoms with Crippen LogP contribution in [-0.4, -0.2) is 48.8 Å². The van der Waals surface area contributed by atoms with E-state index in [1.54, 1.807) is 6.92 Å². The zero-order valence-electron chi connectivity index (χ0n) is 12.2. The number of carbonyl (C=O) groups is 1. The number of hydrogen-bond donors (Lipinski definition) is 1. The molecule has 1 aliphatic rings. The lowest BCUT2D eigenvalue weighted by Gasteiger charge is -2.31. The molecule has 0 saturated carbocycles. The predicted octanol–water partition coefficient (Wildman–Crippen LogP) is 2.14. The van der Waals surface area contributed by atoms with Gasteiger partial charge in [-0.1, -0.05) is 30.3 Å². The standard InChI is InChI=1S/C16H23NO3/c1-16(15(18)19,13-7-4-3-5-8-13)12-17(2)11-14-9-6-10-20-14/h3-5,7-8,14H,6,9-12H2,1-2H3,(H,18,19). The molecule has 1 aliphatic heterocycles. The molecular formula is C16H23NO3. The van der Waals surface area contributed by atoms with Crippen molar-refractivity contribution in [2.45, 2.75) is 31.3 Å². The summed E-state index contributed by atoms with van der Waals surface area (Å²) in [6.45, 7) is 3.88. The second kappa shape index (κ2) is 6.37. The molecule has 1 aromatic rings. The lowest BCUT2D eigenvalue weighted by Crippen LogP contribution is -2.45. The molecule has 1 aromatic carbocycles. The number of aliphatic carboxylic acids is 1.